The van der Waals surface area contributed by atoms with Crippen LogP contribution in [0.5, 0.6) is 0 Å². The molecular weight excluding hydrogens is 270 g/mol. The molecule has 1 N–H and O–H groups in total. The van der Waals surface area contributed by atoms with Crippen molar-refractivity contribution < 1.29 is 0 Å². The minimum absolute atomic E-state index is 0.504. The number of hydrogen-bond donors (Lipinski definition) is 1. The van der Waals surface area contributed by atoms with Crippen molar-refractivity contribution in [2.45, 2.75) is 39.7 Å². The number of nitrogens with one attached hydrogen (secondary N) is 1. The molecule has 0 aliphatic rings. The Morgan fingerprint density at radius 1 is 1.47 bits per heavy atom. The molecule has 3 heteroatoms. The van der Waals surface area contributed by atoms with E-state index in [1.165, 1.54) is 22.2 Å². The van der Waals surface area contributed by atoms with E-state index < -0.39 is 0 Å². The summed E-state index contributed by atoms with van der Waals surface area (Å²) in [4.78, 5) is 1.44. The van der Waals surface area contributed by atoms with E-state index in [1.807, 2.05) is 11.3 Å². The Bertz CT molecular complexity index is 285. The maximum atomic E-state index is 3.64. The molecule has 0 aromatic carbocycles. The lowest BCUT2D eigenvalue weighted by molar-refractivity contribution is 0.381. The van der Waals surface area contributed by atoms with Crippen LogP contribution in [-0.2, 0) is 0 Å². The van der Waals surface area contributed by atoms with Gasteiger partial charge in [0.15, 0.2) is 0 Å². The van der Waals surface area contributed by atoms with Crippen molar-refractivity contribution in [1.82, 2.24) is 5.32 Å². The number of hydrogen-bond acceptors (Lipinski definition) is 2. The predicted octanol–water partition coefficient (Wildman–Crippen LogP) is 4.60. The normalized spacial score (nSPS) is 15.2. The molecule has 0 saturated heterocycles. The third kappa shape index (κ3) is 3.58. The van der Waals surface area contributed by atoms with Gasteiger partial charge in [-0.1, -0.05) is 27.2 Å². The molecule has 0 bridgehead atoms. The number of halogens is 1. The second kappa shape index (κ2) is 6.66. The quantitative estimate of drug-likeness (QED) is 0.807. The maximum absolute atomic E-state index is 3.64. The van der Waals surface area contributed by atoms with Gasteiger partial charge in [0.25, 0.3) is 0 Å². The van der Waals surface area contributed by atoms with Crippen molar-refractivity contribution in [2.24, 2.45) is 5.92 Å². The molecular formula is C12H20BrNS. The molecule has 2 atom stereocenters. The average molecular weight is 290 g/mol. The van der Waals surface area contributed by atoms with Crippen molar-refractivity contribution in [3.8, 4) is 0 Å². The molecule has 1 heterocycles. The van der Waals surface area contributed by atoms with Gasteiger partial charge in [-0.3, -0.25) is 0 Å². The van der Waals surface area contributed by atoms with E-state index in [4.69, 9.17) is 0 Å². The maximum Gasteiger partial charge on any atom is 0.0452 e. The summed E-state index contributed by atoms with van der Waals surface area (Å²) >= 11 is 5.47. The van der Waals surface area contributed by atoms with Gasteiger partial charge in [-0.05, 0) is 46.3 Å². The van der Waals surface area contributed by atoms with Gasteiger partial charge in [0.05, 0.1) is 0 Å². The summed E-state index contributed by atoms with van der Waals surface area (Å²) in [6.07, 6.45) is 2.40. The average Bonchev–Trinajstić information content (AvgIpc) is 2.65. The van der Waals surface area contributed by atoms with E-state index >= 15 is 0 Å². The monoisotopic (exact) mass is 289 g/mol. The predicted molar refractivity (Wildman–Crippen MR) is 72.5 cm³/mol. The van der Waals surface area contributed by atoms with Crippen LogP contribution in [0, 0.1) is 5.92 Å². The van der Waals surface area contributed by atoms with E-state index in [2.05, 4.69) is 53.5 Å². The molecule has 0 fully saturated rings. The van der Waals surface area contributed by atoms with Crippen LogP contribution in [0.3, 0.4) is 0 Å². The smallest absolute Gasteiger partial charge is 0.0452 e. The van der Waals surface area contributed by atoms with Crippen molar-refractivity contribution in [3.05, 3.63) is 20.8 Å². The van der Waals surface area contributed by atoms with E-state index in [0.717, 1.165) is 6.54 Å². The Labute approximate surface area is 105 Å². The molecule has 0 spiro atoms. The highest BCUT2D eigenvalue weighted by atomic mass is 79.9. The molecule has 1 rings (SSSR count). The van der Waals surface area contributed by atoms with E-state index in [-0.39, 0.29) is 0 Å². The Morgan fingerprint density at radius 3 is 2.67 bits per heavy atom. The van der Waals surface area contributed by atoms with E-state index in [9.17, 15) is 0 Å². The van der Waals surface area contributed by atoms with Crippen LogP contribution in [0.15, 0.2) is 15.9 Å². The molecule has 0 radical (unpaired) electrons. The summed E-state index contributed by atoms with van der Waals surface area (Å²) in [6, 6.07) is 2.65. The van der Waals surface area contributed by atoms with E-state index in [0.29, 0.717) is 12.0 Å². The zero-order valence-electron chi connectivity index (χ0n) is 9.72. The minimum Gasteiger partial charge on any atom is -0.309 e. The van der Waals surface area contributed by atoms with Gasteiger partial charge in [-0.25, -0.2) is 0 Å². The first kappa shape index (κ1) is 13.2. The molecule has 1 aromatic heterocycles. The number of thiophene rings is 1. The van der Waals surface area contributed by atoms with Gasteiger partial charge in [-0.15, -0.1) is 11.3 Å². The van der Waals surface area contributed by atoms with Crippen molar-refractivity contribution in [2.75, 3.05) is 6.54 Å². The highest BCUT2D eigenvalue weighted by Gasteiger charge is 2.20. The molecule has 0 amide bonds. The van der Waals surface area contributed by atoms with Crippen LogP contribution in [0.1, 0.15) is 44.5 Å². The molecule has 86 valence electrons. The van der Waals surface area contributed by atoms with Gasteiger partial charge in [0.1, 0.15) is 0 Å². The van der Waals surface area contributed by atoms with Gasteiger partial charge in [0.2, 0.25) is 0 Å². The van der Waals surface area contributed by atoms with Crippen molar-refractivity contribution >= 4 is 27.3 Å². The van der Waals surface area contributed by atoms with Crippen LogP contribution in [0.4, 0.5) is 0 Å². The van der Waals surface area contributed by atoms with Gasteiger partial charge >= 0.3 is 0 Å². The fraction of sp³-hybridized carbons (Fsp3) is 0.667. The molecule has 0 aliphatic heterocycles. The zero-order valence-corrected chi connectivity index (χ0v) is 12.1. The second-order valence-corrected chi connectivity index (χ2v) is 5.75. The fourth-order valence-electron chi connectivity index (χ4n) is 1.62. The zero-order chi connectivity index (χ0) is 11.3. The van der Waals surface area contributed by atoms with Crippen LogP contribution in [0.25, 0.3) is 0 Å². The number of rotatable bonds is 6. The third-order valence-electron chi connectivity index (χ3n) is 2.75. The summed E-state index contributed by atoms with van der Waals surface area (Å²) in [5, 5.41) is 5.80. The SMILES string of the molecule is CCCNC(c1sccc1Br)C(C)CC. The summed E-state index contributed by atoms with van der Waals surface area (Å²) < 4.78 is 1.25. The van der Waals surface area contributed by atoms with Crippen LogP contribution >= 0.6 is 27.3 Å². The minimum atomic E-state index is 0.504. The summed E-state index contributed by atoms with van der Waals surface area (Å²) in [5.74, 6) is 0.687. The first-order chi connectivity index (χ1) is 7.20. The van der Waals surface area contributed by atoms with Crippen LogP contribution in [-0.4, -0.2) is 6.54 Å². The molecule has 2 unspecified atom stereocenters. The Kier molecular flexibility index (Phi) is 5.87. The molecule has 1 aromatic rings. The fourth-order valence-corrected chi connectivity index (χ4v) is 3.44. The first-order valence-electron chi connectivity index (χ1n) is 5.66. The first-order valence-corrected chi connectivity index (χ1v) is 7.34. The third-order valence-corrected chi connectivity index (χ3v) is 4.71. The lowest BCUT2D eigenvalue weighted by Crippen LogP contribution is -2.26. The highest BCUT2D eigenvalue weighted by Crippen LogP contribution is 2.34. The van der Waals surface area contributed by atoms with Gasteiger partial charge in [0, 0.05) is 15.4 Å². The largest absolute Gasteiger partial charge is 0.309 e. The summed E-state index contributed by atoms with van der Waals surface area (Å²) in [7, 11) is 0. The van der Waals surface area contributed by atoms with Crippen molar-refractivity contribution in [1.29, 1.82) is 0 Å². The van der Waals surface area contributed by atoms with Gasteiger partial charge in [-0.2, -0.15) is 0 Å². The van der Waals surface area contributed by atoms with Gasteiger partial charge < -0.3 is 5.32 Å². The Morgan fingerprint density at radius 2 is 2.20 bits per heavy atom. The molecule has 0 aliphatic carbocycles. The summed E-state index contributed by atoms with van der Waals surface area (Å²) in [5.41, 5.74) is 0. The van der Waals surface area contributed by atoms with Crippen molar-refractivity contribution in [3.63, 3.8) is 0 Å². The second-order valence-electron chi connectivity index (χ2n) is 3.95. The standard InChI is InChI=1S/C12H20BrNS/c1-4-7-14-11(9(3)5-2)12-10(13)6-8-15-12/h6,8-9,11,14H,4-5,7H2,1-3H3. The lowest BCUT2D eigenvalue weighted by atomic mass is 9.98. The molecule has 1 nitrogen and oxygen atoms in total. The lowest BCUT2D eigenvalue weighted by Gasteiger charge is -2.23. The topological polar surface area (TPSA) is 12.0 Å². The Balaban J connectivity index is 2.76. The highest BCUT2D eigenvalue weighted by molar-refractivity contribution is 9.10. The Hall–Kier alpha value is 0.140. The van der Waals surface area contributed by atoms with E-state index in [1.54, 1.807) is 0 Å². The summed E-state index contributed by atoms with van der Waals surface area (Å²) in [6.45, 7) is 7.88. The molecule has 15 heavy (non-hydrogen) atoms. The van der Waals surface area contributed by atoms with Crippen LogP contribution in [0.2, 0.25) is 0 Å². The molecule has 0 saturated carbocycles. The van der Waals surface area contributed by atoms with Crippen LogP contribution < -0.4 is 5.32 Å².